The van der Waals surface area contributed by atoms with Crippen molar-refractivity contribution in [3.63, 3.8) is 0 Å². The fraction of sp³-hybridized carbons (Fsp3) is 0.435. The molecule has 0 amide bonds. The predicted octanol–water partition coefficient (Wildman–Crippen LogP) is 5.87. The van der Waals surface area contributed by atoms with Crippen molar-refractivity contribution >= 4 is 0 Å². The molecule has 0 aromatic heterocycles. The first-order valence-electron chi connectivity index (χ1n) is 9.52. The van der Waals surface area contributed by atoms with Crippen LogP contribution in [0.4, 0.5) is 13.2 Å². The Balaban J connectivity index is 0.000000878. The van der Waals surface area contributed by atoms with Gasteiger partial charge in [0.1, 0.15) is 0 Å². The molecule has 1 aliphatic carbocycles. The van der Waals surface area contributed by atoms with Gasteiger partial charge in [-0.1, -0.05) is 54.6 Å². The normalized spacial score (nSPS) is 14.8. The summed E-state index contributed by atoms with van der Waals surface area (Å²) in [6.07, 6.45) is -1.81. The van der Waals surface area contributed by atoms with Crippen LogP contribution in [0.2, 0.25) is 0 Å². The van der Waals surface area contributed by atoms with Crippen LogP contribution < -0.4 is 0 Å². The van der Waals surface area contributed by atoms with Crippen LogP contribution in [0, 0.1) is 11.3 Å². The summed E-state index contributed by atoms with van der Waals surface area (Å²) < 4.78 is 39.4. The molecular formula is C23H27F3N2. The average Bonchev–Trinajstić information content (AvgIpc) is 3.46. The van der Waals surface area contributed by atoms with E-state index in [2.05, 4.69) is 24.1 Å². The maximum atomic E-state index is 13.1. The topological polar surface area (TPSA) is 27.0 Å². The maximum absolute atomic E-state index is 13.1. The highest BCUT2D eigenvalue weighted by Gasteiger charge is 2.64. The van der Waals surface area contributed by atoms with Gasteiger partial charge in [-0.15, -0.1) is 0 Å². The number of hydrogen-bond acceptors (Lipinski definition) is 2. The molecule has 5 heteroatoms. The van der Waals surface area contributed by atoms with Crippen LogP contribution in [-0.4, -0.2) is 24.7 Å². The van der Waals surface area contributed by atoms with Gasteiger partial charge in [-0.25, -0.2) is 0 Å². The number of hydrogen-bond donors (Lipinski definition) is 0. The Labute approximate surface area is 165 Å². The zero-order chi connectivity index (χ0) is 20.6. The van der Waals surface area contributed by atoms with Crippen LogP contribution >= 0.6 is 0 Å². The molecule has 0 radical (unpaired) electrons. The molecule has 1 saturated carbocycles. The summed E-state index contributed by atoms with van der Waals surface area (Å²) in [6.45, 7) is 3.30. The lowest BCUT2D eigenvalue weighted by Crippen LogP contribution is -2.28. The van der Waals surface area contributed by atoms with Gasteiger partial charge >= 0.3 is 6.18 Å². The monoisotopic (exact) mass is 388 g/mol. The summed E-state index contributed by atoms with van der Waals surface area (Å²) in [6, 6.07) is 19.1. The van der Waals surface area contributed by atoms with Crippen LogP contribution in [0.1, 0.15) is 42.9 Å². The zero-order valence-electron chi connectivity index (χ0n) is 16.5. The lowest BCUT2D eigenvalue weighted by molar-refractivity contribution is -0.160. The van der Waals surface area contributed by atoms with Crippen LogP contribution in [0.5, 0.6) is 0 Å². The molecule has 1 fully saturated rings. The first kappa shape index (κ1) is 22.0. The van der Waals surface area contributed by atoms with Crippen molar-refractivity contribution in [1.82, 2.24) is 4.90 Å². The summed E-state index contributed by atoms with van der Waals surface area (Å²) >= 11 is 0. The Morgan fingerprint density at radius 3 is 2.07 bits per heavy atom. The molecule has 28 heavy (non-hydrogen) atoms. The summed E-state index contributed by atoms with van der Waals surface area (Å²) in [5, 5.41) is 7.32. The average molecular weight is 388 g/mol. The highest BCUT2D eigenvalue weighted by Crippen LogP contribution is 2.58. The van der Waals surface area contributed by atoms with Crippen molar-refractivity contribution in [3.05, 3.63) is 71.3 Å². The van der Waals surface area contributed by atoms with Crippen LogP contribution in [0.25, 0.3) is 0 Å². The number of alkyl halides is 3. The van der Waals surface area contributed by atoms with Crippen molar-refractivity contribution in [2.45, 2.75) is 50.7 Å². The van der Waals surface area contributed by atoms with Crippen LogP contribution in [-0.2, 0) is 18.4 Å². The fourth-order valence-corrected chi connectivity index (χ4v) is 3.38. The number of nitriles is 1. The van der Waals surface area contributed by atoms with Crippen LogP contribution in [0.3, 0.4) is 0 Å². The smallest absolute Gasteiger partial charge is 0.302 e. The van der Waals surface area contributed by atoms with Gasteiger partial charge in [-0.05, 0) is 56.0 Å². The SMILES string of the molecule is CC#N.CN(CCCc1ccc(C2(C(F)(F)F)CC2)cc1)Cc1ccccc1. The summed E-state index contributed by atoms with van der Waals surface area (Å²) in [4.78, 5) is 2.27. The molecule has 2 aromatic carbocycles. The molecule has 0 saturated heterocycles. The zero-order valence-corrected chi connectivity index (χ0v) is 16.5. The largest absolute Gasteiger partial charge is 0.398 e. The lowest BCUT2D eigenvalue weighted by atomic mass is 9.94. The van der Waals surface area contributed by atoms with Crippen molar-refractivity contribution in [1.29, 1.82) is 5.26 Å². The number of rotatable bonds is 7. The van der Waals surface area contributed by atoms with E-state index in [4.69, 9.17) is 5.26 Å². The number of halogens is 3. The van der Waals surface area contributed by atoms with Gasteiger partial charge < -0.3 is 4.90 Å². The molecular weight excluding hydrogens is 361 g/mol. The predicted molar refractivity (Wildman–Crippen MR) is 106 cm³/mol. The Hall–Kier alpha value is -2.32. The second-order valence-electron chi connectivity index (χ2n) is 7.33. The van der Waals surface area contributed by atoms with Crippen molar-refractivity contribution in [2.75, 3.05) is 13.6 Å². The van der Waals surface area contributed by atoms with Gasteiger partial charge in [0.2, 0.25) is 0 Å². The second-order valence-corrected chi connectivity index (χ2v) is 7.33. The molecule has 0 spiro atoms. The Bertz CT molecular complexity index is 757. The molecule has 0 unspecified atom stereocenters. The lowest BCUT2D eigenvalue weighted by Gasteiger charge is -2.20. The van der Waals surface area contributed by atoms with E-state index in [1.165, 1.54) is 12.5 Å². The van der Waals surface area contributed by atoms with E-state index in [1.807, 2.05) is 30.3 Å². The molecule has 0 atom stereocenters. The van der Waals surface area contributed by atoms with Crippen LogP contribution in [0.15, 0.2) is 54.6 Å². The van der Waals surface area contributed by atoms with E-state index in [-0.39, 0.29) is 12.8 Å². The van der Waals surface area contributed by atoms with E-state index >= 15 is 0 Å². The standard InChI is InChI=1S/C21H24F3N.C2H3N/c1-25(16-18-6-3-2-4-7-18)15-5-8-17-9-11-19(12-10-17)20(13-14-20)21(22,23)24;1-2-3/h2-4,6-7,9-12H,5,8,13-16H2,1H3;1H3. The van der Waals surface area contributed by atoms with E-state index < -0.39 is 11.6 Å². The third kappa shape index (κ3) is 5.84. The number of aryl methyl sites for hydroxylation is 1. The molecule has 3 rings (SSSR count). The minimum atomic E-state index is -4.13. The minimum absolute atomic E-state index is 0.222. The van der Waals surface area contributed by atoms with Crippen molar-refractivity contribution in [2.24, 2.45) is 0 Å². The first-order chi connectivity index (χ1) is 13.3. The maximum Gasteiger partial charge on any atom is 0.398 e. The number of nitrogens with zero attached hydrogens (tertiary/aromatic N) is 2. The van der Waals surface area contributed by atoms with E-state index in [0.29, 0.717) is 5.56 Å². The first-order valence-corrected chi connectivity index (χ1v) is 9.52. The van der Waals surface area contributed by atoms with Gasteiger partial charge in [0, 0.05) is 13.5 Å². The molecule has 0 bridgehead atoms. The molecule has 0 heterocycles. The third-order valence-corrected chi connectivity index (χ3v) is 5.10. The summed E-state index contributed by atoms with van der Waals surface area (Å²) in [5.41, 5.74) is 1.25. The Morgan fingerprint density at radius 1 is 1.00 bits per heavy atom. The summed E-state index contributed by atoms with van der Waals surface area (Å²) in [7, 11) is 2.09. The van der Waals surface area contributed by atoms with Gasteiger partial charge in [-0.3, -0.25) is 0 Å². The van der Waals surface area contributed by atoms with Gasteiger partial charge in [-0.2, -0.15) is 18.4 Å². The van der Waals surface area contributed by atoms with E-state index in [0.717, 1.165) is 31.5 Å². The highest BCUT2D eigenvalue weighted by atomic mass is 19.4. The minimum Gasteiger partial charge on any atom is -0.302 e. The number of benzene rings is 2. The molecule has 2 aromatic rings. The van der Waals surface area contributed by atoms with E-state index in [9.17, 15) is 13.2 Å². The van der Waals surface area contributed by atoms with E-state index in [1.54, 1.807) is 18.2 Å². The Morgan fingerprint density at radius 2 is 1.57 bits per heavy atom. The highest BCUT2D eigenvalue weighted by molar-refractivity contribution is 5.35. The summed E-state index contributed by atoms with van der Waals surface area (Å²) in [5.74, 6) is 0. The Kier molecular flexibility index (Phi) is 7.65. The molecule has 0 N–H and O–H groups in total. The van der Waals surface area contributed by atoms with Gasteiger partial charge in [0.25, 0.3) is 0 Å². The molecule has 2 nitrogen and oxygen atoms in total. The molecule has 1 aliphatic rings. The van der Waals surface area contributed by atoms with Gasteiger partial charge in [0.05, 0.1) is 11.5 Å². The quantitative estimate of drug-likeness (QED) is 0.593. The molecule has 0 aliphatic heterocycles. The van der Waals surface area contributed by atoms with Gasteiger partial charge in [0.15, 0.2) is 0 Å². The van der Waals surface area contributed by atoms with Crippen molar-refractivity contribution < 1.29 is 13.2 Å². The fourth-order valence-electron chi connectivity index (χ4n) is 3.38. The third-order valence-electron chi connectivity index (χ3n) is 5.10. The van der Waals surface area contributed by atoms with Crippen molar-refractivity contribution in [3.8, 4) is 6.07 Å². The second kappa shape index (κ2) is 9.75. The molecule has 150 valence electrons.